The molecule has 0 spiro atoms. The lowest BCUT2D eigenvalue weighted by molar-refractivity contribution is 0.228. The van der Waals surface area contributed by atoms with Gasteiger partial charge in [0.25, 0.3) is 0 Å². The lowest BCUT2D eigenvalue weighted by atomic mass is 10.1. The Kier molecular flexibility index (Phi) is 2.51. The van der Waals surface area contributed by atoms with E-state index in [-0.39, 0.29) is 5.54 Å². The van der Waals surface area contributed by atoms with Crippen molar-refractivity contribution in [1.29, 1.82) is 5.26 Å². The van der Waals surface area contributed by atoms with Crippen LogP contribution in [0.5, 0.6) is 0 Å². The summed E-state index contributed by atoms with van der Waals surface area (Å²) in [5.74, 6) is 0. The number of hydrogen-bond acceptors (Lipinski definition) is 2. The van der Waals surface area contributed by atoms with E-state index in [0.717, 1.165) is 6.54 Å². The molecular formula is C7H14N2. The lowest BCUT2D eigenvalue weighted by Crippen LogP contribution is -2.37. The first-order chi connectivity index (χ1) is 4.02. The standard InChI is InChI=1S/C7H14N2/c1-5-9(6-8)7(2,3)4/h5H2,1-4H3. The van der Waals surface area contributed by atoms with Crippen molar-refractivity contribution in [3.05, 3.63) is 0 Å². The molecular weight excluding hydrogens is 112 g/mol. The van der Waals surface area contributed by atoms with Gasteiger partial charge >= 0.3 is 0 Å². The van der Waals surface area contributed by atoms with Gasteiger partial charge in [-0.2, -0.15) is 5.26 Å². The molecule has 0 unspecified atom stereocenters. The second-order valence-electron chi connectivity index (χ2n) is 3.02. The number of rotatable bonds is 1. The maximum absolute atomic E-state index is 8.54. The molecule has 0 aromatic carbocycles. The van der Waals surface area contributed by atoms with E-state index >= 15 is 0 Å². The van der Waals surface area contributed by atoms with Gasteiger partial charge < -0.3 is 4.90 Å². The van der Waals surface area contributed by atoms with Crippen LogP contribution in [0.15, 0.2) is 0 Å². The molecule has 0 rings (SSSR count). The van der Waals surface area contributed by atoms with Crippen molar-refractivity contribution >= 4 is 0 Å². The van der Waals surface area contributed by atoms with E-state index in [1.165, 1.54) is 0 Å². The van der Waals surface area contributed by atoms with Crippen molar-refractivity contribution in [3.63, 3.8) is 0 Å². The van der Waals surface area contributed by atoms with Crippen molar-refractivity contribution in [2.45, 2.75) is 33.2 Å². The first-order valence-corrected chi connectivity index (χ1v) is 3.19. The Balaban J connectivity index is 4.00. The molecule has 0 bridgehead atoms. The predicted molar refractivity (Wildman–Crippen MR) is 37.7 cm³/mol. The summed E-state index contributed by atoms with van der Waals surface area (Å²) in [6, 6.07) is 0. The molecule has 0 aliphatic carbocycles. The van der Waals surface area contributed by atoms with Gasteiger partial charge in [0.15, 0.2) is 6.19 Å². The van der Waals surface area contributed by atoms with E-state index in [1.807, 2.05) is 27.7 Å². The minimum absolute atomic E-state index is 0.0104. The highest BCUT2D eigenvalue weighted by molar-refractivity contribution is 4.84. The molecule has 0 aliphatic rings. The second kappa shape index (κ2) is 2.72. The summed E-state index contributed by atoms with van der Waals surface area (Å²) < 4.78 is 0. The molecule has 0 heterocycles. The molecule has 0 amide bonds. The first kappa shape index (κ1) is 8.29. The van der Waals surface area contributed by atoms with Gasteiger partial charge in [0.05, 0.1) is 0 Å². The Morgan fingerprint density at radius 2 is 1.89 bits per heavy atom. The van der Waals surface area contributed by atoms with Crippen LogP contribution in [-0.4, -0.2) is 17.0 Å². The molecule has 0 fully saturated rings. The SMILES string of the molecule is CCN(C#N)C(C)(C)C. The Bertz CT molecular complexity index is 116. The van der Waals surface area contributed by atoms with E-state index < -0.39 is 0 Å². The molecule has 0 aliphatic heterocycles. The second-order valence-corrected chi connectivity index (χ2v) is 3.02. The molecule has 9 heavy (non-hydrogen) atoms. The summed E-state index contributed by atoms with van der Waals surface area (Å²) >= 11 is 0. The van der Waals surface area contributed by atoms with Gasteiger partial charge in [-0.1, -0.05) is 0 Å². The van der Waals surface area contributed by atoms with Crippen LogP contribution in [0, 0.1) is 11.5 Å². The zero-order valence-electron chi connectivity index (χ0n) is 6.60. The van der Waals surface area contributed by atoms with Gasteiger partial charge in [0.2, 0.25) is 0 Å². The molecule has 0 N–H and O–H groups in total. The fraction of sp³-hybridized carbons (Fsp3) is 0.857. The molecule has 2 heteroatoms. The summed E-state index contributed by atoms with van der Waals surface area (Å²) in [5.41, 5.74) is -0.0104. The molecule has 0 saturated carbocycles. The normalized spacial score (nSPS) is 10.6. The monoisotopic (exact) mass is 126 g/mol. The highest BCUT2D eigenvalue weighted by atomic mass is 15.2. The van der Waals surface area contributed by atoms with Gasteiger partial charge in [0, 0.05) is 12.1 Å². The van der Waals surface area contributed by atoms with E-state index in [9.17, 15) is 0 Å². The van der Waals surface area contributed by atoms with E-state index in [1.54, 1.807) is 4.90 Å². The summed E-state index contributed by atoms with van der Waals surface area (Å²) in [4.78, 5) is 1.74. The lowest BCUT2D eigenvalue weighted by Gasteiger charge is -2.28. The van der Waals surface area contributed by atoms with E-state index in [0.29, 0.717) is 0 Å². The minimum Gasteiger partial charge on any atom is -0.306 e. The highest BCUT2D eigenvalue weighted by Gasteiger charge is 2.16. The Morgan fingerprint density at radius 1 is 1.44 bits per heavy atom. The molecule has 0 atom stereocenters. The van der Waals surface area contributed by atoms with Crippen LogP contribution in [0.1, 0.15) is 27.7 Å². The van der Waals surface area contributed by atoms with Crippen LogP contribution in [0.2, 0.25) is 0 Å². The Labute approximate surface area is 57.1 Å². The number of hydrogen-bond donors (Lipinski definition) is 0. The van der Waals surface area contributed by atoms with Crippen LogP contribution < -0.4 is 0 Å². The molecule has 0 radical (unpaired) electrons. The zero-order chi connectivity index (χ0) is 7.49. The van der Waals surface area contributed by atoms with Gasteiger partial charge in [-0.3, -0.25) is 0 Å². The summed E-state index contributed by atoms with van der Waals surface area (Å²) in [6.45, 7) is 8.85. The minimum atomic E-state index is -0.0104. The average molecular weight is 126 g/mol. The summed E-state index contributed by atoms with van der Waals surface area (Å²) in [6.07, 6.45) is 2.12. The van der Waals surface area contributed by atoms with Crippen molar-refractivity contribution in [2.75, 3.05) is 6.54 Å². The maximum Gasteiger partial charge on any atom is 0.179 e. The van der Waals surface area contributed by atoms with Crippen LogP contribution in [-0.2, 0) is 0 Å². The van der Waals surface area contributed by atoms with Crippen molar-refractivity contribution < 1.29 is 0 Å². The van der Waals surface area contributed by atoms with Crippen LogP contribution in [0.4, 0.5) is 0 Å². The van der Waals surface area contributed by atoms with E-state index in [4.69, 9.17) is 5.26 Å². The van der Waals surface area contributed by atoms with Crippen LogP contribution in [0.25, 0.3) is 0 Å². The van der Waals surface area contributed by atoms with Crippen LogP contribution in [0.3, 0.4) is 0 Å². The van der Waals surface area contributed by atoms with Gasteiger partial charge in [-0.15, -0.1) is 0 Å². The molecule has 0 aromatic heterocycles. The first-order valence-electron chi connectivity index (χ1n) is 3.19. The van der Waals surface area contributed by atoms with Crippen LogP contribution >= 0.6 is 0 Å². The van der Waals surface area contributed by atoms with Crippen molar-refractivity contribution in [3.8, 4) is 6.19 Å². The van der Waals surface area contributed by atoms with Gasteiger partial charge in [0.1, 0.15) is 0 Å². The number of nitrogens with zero attached hydrogens (tertiary/aromatic N) is 2. The zero-order valence-corrected chi connectivity index (χ0v) is 6.60. The smallest absolute Gasteiger partial charge is 0.179 e. The van der Waals surface area contributed by atoms with Gasteiger partial charge in [-0.05, 0) is 27.7 Å². The van der Waals surface area contributed by atoms with Gasteiger partial charge in [-0.25, -0.2) is 0 Å². The third-order valence-electron chi connectivity index (χ3n) is 1.25. The fourth-order valence-corrected chi connectivity index (χ4v) is 0.695. The largest absolute Gasteiger partial charge is 0.306 e. The van der Waals surface area contributed by atoms with Crippen molar-refractivity contribution in [1.82, 2.24) is 4.90 Å². The van der Waals surface area contributed by atoms with Crippen molar-refractivity contribution in [2.24, 2.45) is 0 Å². The maximum atomic E-state index is 8.54. The third kappa shape index (κ3) is 2.36. The fourth-order valence-electron chi connectivity index (χ4n) is 0.695. The predicted octanol–water partition coefficient (Wildman–Crippen LogP) is 1.59. The topological polar surface area (TPSA) is 27.0 Å². The molecule has 2 nitrogen and oxygen atoms in total. The number of nitriles is 1. The Morgan fingerprint density at radius 3 is 1.89 bits per heavy atom. The molecule has 0 saturated heterocycles. The third-order valence-corrected chi connectivity index (χ3v) is 1.25. The Hall–Kier alpha value is -0.710. The quantitative estimate of drug-likeness (QED) is 0.394. The summed E-state index contributed by atoms with van der Waals surface area (Å²) in [5, 5.41) is 8.54. The summed E-state index contributed by atoms with van der Waals surface area (Å²) in [7, 11) is 0. The highest BCUT2D eigenvalue weighted by Crippen LogP contribution is 2.09. The van der Waals surface area contributed by atoms with E-state index in [2.05, 4.69) is 6.19 Å². The average Bonchev–Trinajstić information content (AvgIpc) is 1.65. The molecule has 52 valence electrons. The molecule has 0 aromatic rings.